The van der Waals surface area contributed by atoms with Crippen LogP contribution in [0.25, 0.3) is 0 Å². The molecule has 10 nitrogen and oxygen atoms in total. The molecule has 0 spiro atoms. The lowest BCUT2D eigenvalue weighted by molar-refractivity contribution is 0.0982. The van der Waals surface area contributed by atoms with Crippen molar-refractivity contribution in [2.75, 3.05) is 17.4 Å². The molecule has 0 unspecified atom stereocenters. The van der Waals surface area contributed by atoms with E-state index in [-0.39, 0.29) is 30.4 Å². The van der Waals surface area contributed by atoms with Gasteiger partial charge in [0.1, 0.15) is 11.6 Å². The first-order valence-corrected chi connectivity index (χ1v) is 9.86. The second kappa shape index (κ2) is 8.42. The first kappa shape index (κ1) is 20.3. The molecular weight excluding hydrogens is 404 g/mol. The summed E-state index contributed by atoms with van der Waals surface area (Å²) in [5.74, 6) is 0.813. The summed E-state index contributed by atoms with van der Waals surface area (Å²) in [4.78, 5) is 42.0. The Morgan fingerprint density at radius 2 is 2.03 bits per heavy atom. The summed E-state index contributed by atoms with van der Waals surface area (Å²) in [6.07, 6.45) is 2.98. The average Bonchev–Trinajstić information content (AvgIpc) is 3.43. The number of nitrogens with two attached hydrogens (primary N) is 1. The van der Waals surface area contributed by atoms with Gasteiger partial charge in [-0.2, -0.15) is 0 Å². The summed E-state index contributed by atoms with van der Waals surface area (Å²) in [7, 11) is 0. The van der Waals surface area contributed by atoms with Gasteiger partial charge in [-0.15, -0.1) is 0 Å². The molecule has 1 aliphatic heterocycles. The van der Waals surface area contributed by atoms with Gasteiger partial charge in [-0.25, -0.2) is 4.79 Å². The maximum absolute atomic E-state index is 13.5. The molecule has 0 fully saturated rings. The van der Waals surface area contributed by atoms with Crippen molar-refractivity contribution in [3.05, 3.63) is 68.8 Å². The molecule has 0 radical (unpaired) electrons. The van der Waals surface area contributed by atoms with E-state index in [2.05, 4.69) is 4.98 Å². The van der Waals surface area contributed by atoms with Gasteiger partial charge in [0, 0.05) is 12.1 Å². The zero-order valence-corrected chi connectivity index (χ0v) is 16.9. The fourth-order valence-corrected chi connectivity index (χ4v) is 3.37. The van der Waals surface area contributed by atoms with Crippen LogP contribution in [0.4, 0.5) is 11.5 Å². The number of unbranched alkanes of at least 4 members (excludes halogenated alkanes) is 1. The van der Waals surface area contributed by atoms with Crippen LogP contribution < -0.4 is 31.4 Å². The Balaban J connectivity index is 1.81. The quantitative estimate of drug-likeness (QED) is 0.591. The number of hydrogen-bond acceptors (Lipinski definition) is 7. The first-order chi connectivity index (χ1) is 15.0. The van der Waals surface area contributed by atoms with Crippen LogP contribution in [0.2, 0.25) is 0 Å². The Morgan fingerprint density at radius 1 is 1.23 bits per heavy atom. The highest BCUT2D eigenvalue weighted by atomic mass is 16.7. The fourth-order valence-electron chi connectivity index (χ4n) is 3.37. The number of hydrogen-bond donors (Lipinski definition) is 2. The number of fused-ring (bicyclic) bond motifs is 1. The Hall–Kier alpha value is -3.95. The lowest BCUT2D eigenvalue weighted by Crippen LogP contribution is -2.41. The van der Waals surface area contributed by atoms with Crippen LogP contribution >= 0.6 is 0 Å². The number of nitrogens with one attached hydrogen (secondary N) is 1. The summed E-state index contributed by atoms with van der Waals surface area (Å²) in [6, 6.07) is 8.09. The predicted octanol–water partition coefficient (Wildman–Crippen LogP) is 2.09. The number of carbonyl (C=O) groups is 1. The van der Waals surface area contributed by atoms with Crippen LogP contribution in [0.15, 0.2) is 50.6 Å². The number of nitrogens with zero attached hydrogens (tertiary/aromatic N) is 2. The standard InChI is InChI=1S/C21H22N4O6/c1-2-3-8-24-18(22)17(19(26)23-21(24)28)25(11-14-5-4-9-29-14)20(27)13-6-7-15-16(10-13)31-12-30-15/h4-7,9-10H,2-3,8,11-12,22H2,1H3,(H,23,26,28). The van der Waals surface area contributed by atoms with Crippen molar-refractivity contribution in [1.82, 2.24) is 9.55 Å². The first-order valence-electron chi connectivity index (χ1n) is 9.86. The molecule has 0 saturated heterocycles. The monoisotopic (exact) mass is 426 g/mol. The smallest absolute Gasteiger partial charge is 0.330 e. The van der Waals surface area contributed by atoms with Gasteiger partial charge in [-0.1, -0.05) is 13.3 Å². The van der Waals surface area contributed by atoms with Crippen molar-refractivity contribution in [3.63, 3.8) is 0 Å². The van der Waals surface area contributed by atoms with E-state index < -0.39 is 17.2 Å². The van der Waals surface area contributed by atoms with Crippen LogP contribution in [0, 0.1) is 0 Å². The van der Waals surface area contributed by atoms with E-state index in [4.69, 9.17) is 19.6 Å². The van der Waals surface area contributed by atoms with Crippen molar-refractivity contribution >= 4 is 17.4 Å². The van der Waals surface area contributed by atoms with Gasteiger partial charge < -0.3 is 19.6 Å². The van der Waals surface area contributed by atoms with Gasteiger partial charge in [0.25, 0.3) is 11.5 Å². The zero-order valence-electron chi connectivity index (χ0n) is 16.9. The Kier molecular flexibility index (Phi) is 5.52. The number of aromatic amines is 1. The molecule has 1 amide bonds. The highest BCUT2D eigenvalue weighted by molar-refractivity contribution is 6.07. The Labute approximate surface area is 176 Å². The number of anilines is 2. The Morgan fingerprint density at radius 3 is 2.77 bits per heavy atom. The number of carbonyl (C=O) groups excluding carboxylic acids is 1. The minimum absolute atomic E-state index is 0.0560. The van der Waals surface area contributed by atoms with E-state index in [9.17, 15) is 14.4 Å². The molecule has 0 bridgehead atoms. The van der Waals surface area contributed by atoms with Gasteiger partial charge in [0.15, 0.2) is 17.2 Å². The molecule has 4 rings (SSSR count). The number of ether oxygens (including phenoxy) is 2. The molecule has 3 aromatic rings. The maximum atomic E-state index is 13.5. The predicted molar refractivity (Wildman–Crippen MR) is 112 cm³/mol. The number of benzene rings is 1. The second-order valence-corrected chi connectivity index (χ2v) is 7.04. The lowest BCUT2D eigenvalue weighted by atomic mass is 10.1. The number of nitrogen functional groups attached to an aromatic ring is 1. The number of aromatic nitrogens is 2. The molecule has 10 heteroatoms. The molecule has 0 aliphatic carbocycles. The molecule has 162 valence electrons. The van der Waals surface area contributed by atoms with Gasteiger partial charge >= 0.3 is 5.69 Å². The second-order valence-electron chi connectivity index (χ2n) is 7.04. The van der Waals surface area contributed by atoms with E-state index in [0.29, 0.717) is 30.2 Å². The lowest BCUT2D eigenvalue weighted by Gasteiger charge is -2.24. The van der Waals surface area contributed by atoms with Gasteiger partial charge in [0.05, 0.1) is 12.8 Å². The van der Waals surface area contributed by atoms with Gasteiger partial charge in [0.2, 0.25) is 6.79 Å². The van der Waals surface area contributed by atoms with E-state index >= 15 is 0 Å². The molecule has 3 heterocycles. The topological polar surface area (TPSA) is 133 Å². The molecule has 3 N–H and O–H groups in total. The summed E-state index contributed by atoms with van der Waals surface area (Å²) >= 11 is 0. The number of rotatable bonds is 7. The van der Waals surface area contributed by atoms with Crippen molar-refractivity contribution in [3.8, 4) is 11.5 Å². The molecule has 1 aliphatic rings. The normalized spacial score (nSPS) is 12.2. The van der Waals surface area contributed by atoms with E-state index in [1.165, 1.54) is 21.8 Å². The van der Waals surface area contributed by atoms with Gasteiger partial charge in [-0.05, 0) is 36.8 Å². The van der Waals surface area contributed by atoms with Crippen LogP contribution in [0.3, 0.4) is 0 Å². The molecule has 2 aromatic heterocycles. The third kappa shape index (κ3) is 3.91. The van der Waals surface area contributed by atoms with Crippen LogP contribution in [-0.4, -0.2) is 22.3 Å². The van der Waals surface area contributed by atoms with E-state index in [0.717, 1.165) is 6.42 Å². The Bertz CT molecular complexity index is 1210. The molecule has 0 saturated carbocycles. The highest BCUT2D eigenvalue weighted by Crippen LogP contribution is 2.33. The van der Waals surface area contributed by atoms with Crippen molar-refractivity contribution < 1.29 is 18.7 Å². The number of furan rings is 1. The van der Waals surface area contributed by atoms with Crippen LogP contribution in [0.5, 0.6) is 11.5 Å². The largest absolute Gasteiger partial charge is 0.467 e. The van der Waals surface area contributed by atoms with Crippen LogP contribution in [-0.2, 0) is 13.1 Å². The SMILES string of the molecule is CCCCn1c(N)c(N(Cc2ccco2)C(=O)c2ccc3c(c2)OCO3)c(=O)[nH]c1=O. The third-order valence-corrected chi connectivity index (χ3v) is 4.98. The van der Waals surface area contributed by atoms with Crippen molar-refractivity contribution in [2.24, 2.45) is 0 Å². The highest BCUT2D eigenvalue weighted by Gasteiger charge is 2.27. The number of H-pyrrole nitrogens is 1. The maximum Gasteiger partial charge on any atom is 0.330 e. The minimum atomic E-state index is -0.754. The molecule has 0 atom stereocenters. The zero-order chi connectivity index (χ0) is 22.0. The number of amides is 1. The average molecular weight is 426 g/mol. The third-order valence-electron chi connectivity index (χ3n) is 4.98. The van der Waals surface area contributed by atoms with Gasteiger partial charge in [-0.3, -0.25) is 24.0 Å². The summed E-state index contributed by atoms with van der Waals surface area (Å²) < 4.78 is 17.3. The summed E-state index contributed by atoms with van der Waals surface area (Å²) in [5.41, 5.74) is 5.01. The van der Waals surface area contributed by atoms with Crippen molar-refractivity contribution in [1.29, 1.82) is 0 Å². The molecule has 31 heavy (non-hydrogen) atoms. The van der Waals surface area contributed by atoms with E-state index in [1.54, 1.807) is 24.3 Å². The molecule has 1 aromatic carbocycles. The fraction of sp³-hybridized carbons (Fsp3) is 0.286. The summed E-state index contributed by atoms with van der Waals surface area (Å²) in [5, 5.41) is 0. The molecular formula is C21H22N4O6. The van der Waals surface area contributed by atoms with Crippen molar-refractivity contribution in [2.45, 2.75) is 32.9 Å². The minimum Gasteiger partial charge on any atom is -0.467 e. The van der Waals surface area contributed by atoms with E-state index in [1.807, 2.05) is 6.92 Å². The van der Waals surface area contributed by atoms with Crippen LogP contribution in [0.1, 0.15) is 35.9 Å². The summed E-state index contributed by atoms with van der Waals surface area (Å²) in [6.45, 7) is 2.30.